The third-order valence-corrected chi connectivity index (χ3v) is 4.17. The minimum Gasteiger partial charge on any atom is -0.464 e. The van der Waals surface area contributed by atoms with E-state index in [4.69, 9.17) is 43.3 Å². The molecular weight excluding hydrogens is 393 g/mol. The van der Waals surface area contributed by atoms with Crippen LogP contribution in [0.4, 0.5) is 0 Å². The Bertz CT molecular complexity index is 885. The van der Waals surface area contributed by atoms with Crippen molar-refractivity contribution in [3.63, 3.8) is 0 Å². The number of methoxy groups -OCH3 is 1. The molecule has 0 atom stereocenters. The summed E-state index contributed by atoms with van der Waals surface area (Å²) in [5.41, 5.74) is 7.61. The van der Waals surface area contributed by atoms with Gasteiger partial charge in [-0.1, -0.05) is 57.8 Å². The molecule has 7 nitrogen and oxygen atoms in total. The second kappa shape index (κ2) is 9.80. The van der Waals surface area contributed by atoms with Gasteiger partial charge in [0, 0.05) is 16.7 Å². The monoisotopic (exact) mass is 409 g/mol. The Morgan fingerprint density at radius 3 is 2.48 bits per heavy atom. The molecule has 0 heterocycles. The van der Waals surface area contributed by atoms with E-state index in [1.54, 1.807) is 42.5 Å². The molecule has 2 aromatic carbocycles. The largest absolute Gasteiger partial charge is 0.464 e. The maximum Gasteiger partial charge on any atom is 0.360 e. The second-order valence-corrected chi connectivity index (χ2v) is 5.96. The van der Waals surface area contributed by atoms with Crippen LogP contribution in [-0.4, -0.2) is 31.7 Å². The molecule has 0 aliphatic heterocycles. The van der Waals surface area contributed by atoms with Crippen LogP contribution in [0, 0.1) is 0 Å². The zero-order chi connectivity index (χ0) is 19.8. The molecule has 0 unspecified atom stereocenters. The number of esters is 1. The van der Waals surface area contributed by atoms with Crippen LogP contribution in [0.25, 0.3) is 0 Å². The molecule has 0 amide bonds. The predicted octanol–water partition coefficient (Wildman–Crippen LogP) is 3.35. The zero-order valence-electron chi connectivity index (χ0n) is 14.6. The number of halogens is 2. The Morgan fingerprint density at radius 2 is 1.81 bits per heavy atom. The van der Waals surface area contributed by atoms with Crippen LogP contribution in [0.15, 0.2) is 52.8 Å². The lowest BCUT2D eigenvalue weighted by Gasteiger charge is -2.10. The Kier molecular flexibility index (Phi) is 7.45. The predicted molar refractivity (Wildman–Crippen MR) is 104 cm³/mol. The van der Waals surface area contributed by atoms with E-state index in [0.29, 0.717) is 26.7 Å². The van der Waals surface area contributed by atoms with Gasteiger partial charge in [0.25, 0.3) is 0 Å². The Balaban J connectivity index is 2.20. The molecule has 0 bridgehead atoms. The average molecular weight is 410 g/mol. The van der Waals surface area contributed by atoms with Crippen molar-refractivity contribution in [2.24, 2.45) is 16.0 Å². The summed E-state index contributed by atoms with van der Waals surface area (Å²) < 4.78 is 4.73. The maximum atomic E-state index is 11.9. The van der Waals surface area contributed by atoms with Crippen molar-refractivity contribution < 1.29 is 19.2 Å². The molecule has 9 heteroatoms. The first-order valence-electron chi connectivity index (χ1n) is 7.66. The molecule has 27 heavy (non-hydrogen) atoms. The lowest BCUT2D eigenvalue weighted by molar-refractivity contribution is -0.132. The quantitative estimate of drug-likeness (QED) is 0.327. The fourth-order valence-corrected chi connectivity index (χ4v) is 2.44. The van der Waals surface area contributed by atoms with Crippen LogP contribution >= 0.6 is 23.2 Å². The van der Waals surface area contributed by atoms with Crippen LogP contribution in [0.1, 0.15) is 16.7 Å². The number of carbonyl (C=O) groups excluding carboxylic acids is 1. The van der Waals surface area contributed by atoms with Gasteiger partial charge in [-0.3, -0.25) is 0 Å². The normalized spacial score (nSPS) is 11.9. The molecule has 0 aliphatic rings. The van der Waals surface area contributed by atoms with Gasteiger partial charge < -0.3 is 20.1 Å². The van der Waals surface area contributed by atoms with Crippen molar-refractivity contribution in [2.45, 2.75) is 6.61 Å². The van der Waals surface area contributed by atoms with Crippen molar-refractivity contribution in [1.82, 2.24) is 0 Å². The van der Waals surface area contributed by atoms with Gasteiger partial charge in [-0.15, -0.1) is 0 Å². The number of amidine groups is 1. The van der Waals surface area contributed by atoms with Gasteiger partial charge in [0.15, 0.2) is 11.5 Å². The van der Waals surface area contributed by atoms with Crippen molar-refractivity contribution in [3.05, 3.63) is 69.2 Å². The number of nitrogens with two attached hydrogens (primary N) is 1. The van der Waals surface area contributed by atoms with E-state index >= 15 is 0 Å². The highest BCUT2D eigenvalue weighted by molar-refractivity contribution is 6.43. The van der Waals surface area contributed by atoms with E-state index in [0.717, 1.165) is 0 Å². The molecule has 0 fully saturated rings. The van der Waals surface area contributed by atoms with E-state index in [2.05, 4.69) is 10.3 Å². The second-order valence-electron chi connectivity index (χ2n) is 5.15. The molecule has 0 saturated carbocycles. The average Bonchev–Trinajstić information content (AvgIpc) is 2.68. The highest BCUT2D eigenvalue weighted by Gasteiger charge is 2.19. The first kappa shape index (κ1) is 20.5. The smallest absolute Gasteiger partial charge is 0.360 e. The number of nitrogens with zero attached hydrogens (tertiary/aromatic N) is 2. The van der Waals surface area contributed by atoms with E-state index < -0.39 is 5.97 Å². The zero-order valence-corrected chi connectivity index (χ0v) is 16.1. The van der Waals surface area contributed by atoms with Crippen molar-refractivity contribution in [1.29, 1.82) is 0 Å². The van der Waals surface area contributed by atoms with Gasteiger partial charge in [0.05, 0.1) is 17.2 Å². The summed E-state index contributed by atoms with van der Waals surface area (Å²) in [6, 6.07) is 11.9. The first-order valence-corrected chi connectivity index (χ1v) is 8.42. The summed E-state index contributed by atoms with van der Waals surface area (Å²) in [4.78, 5) is 22.0. The molecular formula is C18H17Cl2N3O4. The number of carbonyl (C=O) groups is 1. The molecule has 0 spiro atoms. The molecule has 2 aromatic rings. The van der Waals surface area contributed by atoms with Crippen LogP contribution in [0.2, 0.25) is 10.0 Å². The van der Waals surface area contributed by atoms with Crippen molar-refractivity contribution in [3.8, 4) is 0 Å². The standard InChI is InChI=1S/C18H17Cl2N3O4/c1-25-18(24)16(22-26-2)13-6-4-3-5-12(13)10-27-23-17(21)11-7-8-14(19)15(20)9-11/h3-9H,10H2,1-2H3,(H2,21,23)/b22-16+. The van der Waals surface area contributed by atoms with E-state index in [9.17, 15) is 4.79 Å². The fourth-order valence-electron chi connectivity index (χ4n) is 2.14. The molecule has 0 radical (unpaired) electrons. The summed E-state index contributed by atoms with van der Waals surface area (Å²) >= 11 is 11.8. The van der Waals surface area contributed by atoms with Crippen molar-refractivity contribution in [2.75, 3.05) is 14.2 Å². The maximum absolute atomic E-state index is 11.9. The van der Waals surface area contributed by atoms with Crippen LogP contribution < -0.4 is 5.73 Å². The van der Waals surface area contributed by atoms with E-state index in [1.807, 2.05) is 0 Å². The van der Waals surface area contributed by atoms with Gasteiger partial charge in [-0.25, -0.2) is 4.79 Å². The molecule has 0 aromatic heterocycles. The number of benzene rings is 2. The number of rotatable bonds is 7. The number of hydrogen-bond acceptors (Lipinski definition) is 6. The number of hydrogen-bond donors (Lipinski definition) is 1. The lowest BCUT2D eigenvalue weighted by Crippen LogP contribution is -2.19. The summed E-state index contributed by atoms with van der Waals surface area (Å²) in [7, 11) is 2.60. The number of ether oxygens (including phenoxy) is 1. The molecule has 142 valence electrons. The molecule has 2 N–H and O–H groups in total. The van der Waals surface area contributed by atoms with Crippen LogP contribution in [0.3, 0.4) is 0 Å². The third kappa shape index (κ3) is 5.35. The summed E-state index contributed by atoms with van der Waals surface area (Å²) in [5, 5.41) is 8.38. The fraction of sp³-hybridized carbons (Fsp3) is 0.167. The van der Waals surface area contributed by atoms with Gasteiger partial charge in [0.2, 0.25) is 0 Å². The van der Waals surface area contributed by atoms with Gasteiger partial charge in [-0.05, 0) is 18.2 Å². The van der Waals surface area contributed by atoms with Crippen molar-refractivity contribution >= 4 is 40.7 Å². The van der Waals surface area contributed by atoms with Gasteiger partial charge >= 0.3 is 5.97 Å². The first-order chi connectivity index (χ1) is 13.0. The molecule has 2 rings (SSSR count). The SMILES string of the molecule is CO/N=C(/C(=O)OC)c1ccccc1CO/N=C(\N)c1ccc(Cl)c(Cl)c1. The Labute approximate surface area is 166 Å². The molecule has 0 aliphatic carbocycles. The highest BCUT2D eigenvalue weighted by atomic mass is 35.5. The van der Waals surface area contributed by atoms with Gasteiger partial charge in [-0.2, -0.15) is 0 Å². The van der Waals surface area contributed by atoms with Crippen LogP contribution in [-0.2, 0) is 25.8 Å². The Hall–Kier alpha value is -2.77. The minimum absolute atomic E-state index is 0.0145. The summed E-state index contributed by atoms with van der Waals surface area (Å²) in [6.45, 7) is 0.0396. The van der Waals surface area contributed by atoms with Gasteiger partial charge in [0.1, 0.15) is 13.7 Å². The highest BCUT2D eigenvalue weighted by Crippen LogP contribution is 2.22. The molecule has 0 saturated heterocycles. The van der Waals surface area contributed by atoms with E-state index in [1.165, 1.54) is 14.2 Å². The topological polar surface area (TPSA) is 95.5 Å². The summed E-state index contributed by atoms with van der Waals surface area (Å²) in [6.07, 6.45) is 0. The van der Waals surface area contributed by atoms with E-state index in [-0.39, 0.29) is 18.2 Å². The Morgan fingerprint density at radius 1 is 1.07 bits per heavy atom. The summed E-state index contributed by atoms with van der Waals surface area (Å²) in [5.74, 6) is -0.507. The van der Waals surface area contributed by atoms with Crippen LogP contribution in [0.5, 0.6) is 0 Å². The third-order valence-electron chi connectivity index (χ3n) is 3.43. The minimum atomic E-state index is -0.636. The number of oxime groups is 2. The lowest BCUT2D eigenvalue weighted by atomic mass is 10.0.